The van der Waals surface area contributed by atoms with E-state index in [1.807, 2.05) is 13.8 Å². The molecule has 0 aromatic heterocycles. The van der Waals surface area contributed by atoms with E-state index in [1.165, 1.54) is 12.1 Å². The first-order valence-electron chi connectivity index (χ1n) is 6.56. The summed E-state index contributed by atoms with van der Waals surface area (Å²) in [4.78, 5) is 14.1. The third-order valence-corrected chi connectivity index (χ3v) is 3.15. The van der Waals surface area contributed by atoms with Crippen molar-refractivity contribution in [2.75, 3.05) is 13.1 Å². The van der Waals surface area contributed by atoms with Crippen LogP contribution in [0, 0.1) is 0 Å². The van der Waals surface area contributed by atoms with Crippen LogP contribution in [0.1, 0.15) is 24.2 Å². The lowest BCUT2D eigenvalue weighted by Crippen LogP contribution is -2.55. The molecular weight excluding hydrogens is 302 g/mol. The van der Waals surface area contributed by atoms with Gasteiger partial charge in [-0.3, -0.25) is 4.79 Å². The Morgan fingerprint density at radius 1 is 1.33 bits per heavy atom. The summed E-state index contributed by atoms with van der Waals surface area (Å²) in [6.45, 7) is 2.32. The summed E-state index contributed by atoms with van der Waals surface area (Å²) in [5.41, 5.74) is 0.365. The number of nitrogens with zero attached hydrogens (tertiary/aromatic N) is 1. The second-order valence-electron chi connectivity index (χ2n) is 5.09. The van der Waals surface area contributed by atoms with Gasteiger partial charge in [0, 0.05) is 30.7 Å². The number of halogens is 3. The fraction of sp³-hybridized carbons (Fsp3) is 0.500. The minimum atomic E-state index is -2.89. The summed E-state index contributed by atoms with van der Waals surface area (Å²) >= 11 is 0. The van der Waals surface area contributed by atoms with Crippen LogP contribution in [-0.4, -0.2) is 42.6 Å². The zero-order valence-electron chi connectivity index (χ0n) is 11.9. The Bertz CT molecular complexity index is 478. The van der Waals surface area contributed by atoms with Crippen molar-refractivity contribution in [2.45, 2.75) is 32.5 Å². The van der Waals surface area contributed by atoms with Gasteiger partial charge in [0.15, 0.2) is 0 Å². The Morgan fingerprint density at radius 2 is 1.95 bits per heavy atom. The van der Waals surface area contributed by atoms with Crippen molar-refractivity contribution in [3.8, 4) is 5.75 Å². The molecule has 0 radical (unpaired) electrons. The Labute approximate surface area is 128 Å². The first-order chi connectivity index (χ1) is 9.45. The van der Waals surface area contributed by atoms with Gasteiger partial charge in [-0.2, -0.15) is 8.78 Å². The fourth-order valence-corrected chi connectivity index (χ4v) is 2.48. The number of amides is 1. The van der Waals surface area contributed by atoms with Crippen LogP contribution in [0.25, 0.3) is 0 Å². The molecule has 21 heavy (non-hydrogen) atoms. The number of carbonyl (C=O) groups is 1. The number of rotatable bonds is 3. The number of piperazine rings is 1. The highest BCUT2D eigenvalue weighted by molar-refractivity contribution is 5.94. The summed E-state index contributed by atoms with van der Waals surface area (Å²) in [6.07, 6.45) is 0. The van der Waals surface area contributed by atoms with Crippen molar-refractivity contribution in [1.82, 2.24) is 10.2 Å². The van der Waals surface area contributed by atoms with Gasteiger partial charge in [-0.25, -0.2) is 0 Å². The lowest BCUT2D eigenvalue weighted by Gasteiger charge is -2.36. The van der Waals surface area contributed by atoms with Crippen molar-refractivity contribution >= 4 is 18.3 Å². The van der Waals surface area contributed by atoms with Gasteiger partial charge < -0.3 is 15.0 Å². The zero-order valence-corrected chi connectivity index (χ0v) is 12.7. The van der Waals surface area contributed by atoms with E-state index < -0.39 is 6.61 Å². The molecule has 4 nitrogen and oxygen atoms in total. The molecule has 1 heterocycles. The maximum absolute atomic E-state index is 12.4. The van der Waals surface area contributed by atoms with Crippen molar-refractivity contribution < 1.29 is 18.3 Å². The molecule has 1 aliphatic heterocycles. The summed E-state index contributed by atoms with van der Waals surface area (Å²) < 4.78 is 28.7. The second-order valence-corrected chi connectivity index (χ2v) is 5.09. The quantitative estimate of drug-likeness (QED) is 0.930. The Morgan fingerprint density at radius 3 is 2.52 bits per heavy atom. The van der Waals surface area contributed by atoms with E-state index in [4.69, 9.17) is 0 Å². The van der Waals surface area contributed by atoms with Crippen LogP contribution in [0.5, 0.6) is 5.75 Å². The lowest BCUT2D eigenvalue weighted by molar-refractivity contribution is -0.0499. The highest BCUT2D eigenvalue weighted by atomic mass is 35.5. The monoisotopic (exact) mass is 320 g/mol. The van der Waals surface area contributed by atoms with Crippen molar-refractivity contribution in [1.29, 1.82) is 0 Å². The van der Waals surface area contributed by atoms with E-state index in [1.54, 1.807) is 17.0 Å². The van der Waals surface area contributed by atoms with Crippen LogP contribution in [0.3, 0.4) is 0 Å². The van der Waals surface area contributed by atoms with Gasteiger partial charge >= 0.3 is 6.61 Å². The Hall–Kier alpha value is -1.40. The van der Waals surface area contributed by atoms with Crippen LogP contribution >= 0.6 is 12.4 Å². The molecule has 1 N–H and O–H groups in total. The maximum Gasteiger partial charge on any atom is 0.387 e. The molecule has 1 amide bonds. The van der Waals surface area contributed by atoms with E-state index in [0.29, 0.717) is 18.7 Å². The molecule has 7 heteroatoms. The molecule has 1 aromatic carbocycles. The molecule has 1 fully saturated rings. The number of carbonyl (C=O) groups excluding carboxylic acids is 1. The molecule has 1 aromatic rings. The SMILES string of the molecule is CC1CN(C(=O)c2cccc(OC(F)F)c2)CC(C)N1.Cl. The van der Waals surface area contributed by atoms with Gasteiger partial charge in [0.1, 0.15) is 5.75 Å². The molecule has 0 spiro atoms. The van der Waals surface area contributed by atoms with Gasteiger partial charge in [-0.05, 0) is 32.0 Å². The predicted molar refractivity (Wildman–Crippen MR) is 78.3 cm³/mol. The second kappa shape index (κ2) is 7.56. The molecule has 118 valence electrons. The summed E-state index contributed by atoms with van der Waals surface area (Å²) in [5.74, 6) is -0.160. The first kappa shape index (κ1) is 17.7. The van der Waals surface area contributed by atoms with Crippen LogP contribution in [0.4, 0.5) is 8.78 Å². The zero-order chi connectivity index (χ0) is 14.7. The molecule has 0 saturated carbocycles. The number of hydrogen-bond donors (Lipinski definition) is 1. The van der Waals surface area contributed by atoms with Crippen molar-refractivity contribution in [3.63, 3.8) is 0 Å². The Kier molecular flexibility index (Phi) is 6.36. The topological polar surface area (TPSA) is 41.6 Å². The van der Waals surface area contributed by atoms with Crippen LogP contribution in [0.15, 0.2) is 24.3 Å². The number of hydrogen-bond acceptors (Lipinski definition) is 3. The van der Waals surface area contributed by atoms with Gasteiger partial charge in [0.05, 0.1) is 0 Å². The standard InChI is InChI=1S/C14H18F2N2O2.ClH/c1-9-7-18(8-10(2)17-9)13(19)11-4-3-5-12(6-11)20-14(15)16;/h3-6,9-10,14,17H,7-8H2,1-2H3;1H. The molecule has 2 atom stereocenters. The number of nitrogens with one attached hydrogen (secondary N) is 1. The molecule has 2 rings (SSSR count). The largest absolute Gasteiger partial charge is 0.435 e. The van der Waals surface area contributed by atoms with Gasteiger partial charge in [0.2, 0.25) is 0 Å². The van der Waals surface area contributed by atoms with E-state index in [-0.39, 0.29) is 36.1 Å². The van der Waals surface area contributed by atoms with E-state index in [2.05, 4.69) is 10.1 Å². The number of benzene rings is 1. The Balaban J connectivity index is 0.00000220. The van der Waals surface area contributed by atoms with E-state index >= 15 is 0 Å². The number of alkyl halides is 2. The molecule has 1 saturated heterocycles. The smallest absolute Gasteiger partial charge is 0.387 e. The minimum Gasteiger partial charge on any atom is -0.435 e. The molecular formula is C14H19ClF2N2O2. The average molecular weight is 321 g/mol. The predicted octanol–water partition coefficient (Wildman–Crippen LogP) is 2.53. The van der Waals surface area contributed by atoms with E-state index in [9.17, 15) is 13.6 Å². The highest BCUT2D eigenvalue weighted by Gasteiger charge is 2.25. The lowest BCUT2D eigenvalue weighted by atomic mass is 10.1. The molecule has 1 aliphatic rings. The van der Waals surface area contributed by atoms with Crippen molar-refractivity contribution in [2.24, 2.45) is 0 Å². The average Bonchev–Trinajstić information content (AvgIpc) is 2.36. The normalized spacial score (nSPS) is 21.9. The van der Waals surface area contributed by atoms with Gasteiger partial charge in [-0.1, -0.05) is 6.07 Å². The molecule has 2 unspecified atom stereocenters. The number of ether oxygens (including phenoxy) is 1. The third-order valence-electron chi connectivity index (χ3n) is 3.15. The van der Waals surface area contributed by atoms with Crippen molar-refractivity contribution in [3.05, 3.63) is 29.8 Å². The maximum atomic E-state index is 12.4. The summed E-state index contributed by atoms with van der Waals surface area (Å²) in [6, 6.07) is 6.34. The van der Waals surface area contributed by atoms with Crippen LogP contribution in [0.2, 0.25) is 0 Å². The molecule has 0 bridgehead atoms. The third kappa shape index (κ3) is 4.82. The first-order valence-corrected chi connectivity index (χ1v) is 6.56. The summed E-state index contributed by atoms with van der Waals surface area (Å²) in [5, 5.41) is 3.34. The van der Waals surface area contributed by atoms with Crippen LogP contribution in [-0.2, 0) is 0 Å². The van der Waals surface area contributed by atoms with Gasteiger partial charge in [-0.15, -0.1) is 12.4 Å². The molecule has 0 aliphatic carbocycles. The fourth-order valence-electron chi connectivity index (χ4n) is 2.48. The minimum absolute atomic E-state index is 0. The highest BCUT2D eigenvalue weighted by Crippen LogP contribution is 2.18. The van der Waals surface area contributed by atoms with Crippen LogP contribution < -0.4 is 10.1 Å². The van der Waals surface area contributed by atoms with E-state index in [0.717, 1.165) is 0 Å². The summed E-state index contributed by atoms with van der Waals surface area (Å²) in [7, 11) is 0. The van der Waals surface area contributed by atoms with Gasteiger partial charge in [0.25, 0.3) is 5.91 Å².